The Labute approximate surface area is 234 Å². The maximum absolute atomic E-state index is 14.6. The van der Waals surface area contributed by atoms with E-state index < -0.39 is 11.6 Å². The summed E-state index contributed by atoms with van der Waals surface area (Å²) in [5.41, 5.74) is 1.58. The molecule has 2 aromatic carbocycles. The van der Waals surface area contributed by atoms with Crippen LogP contribution in [0.1, 0.15) is 56.5 Å². The average molecular weight is 547 g/mol. The van der Waals surface area contributed by atoms with E-state index in [1.54, 1.807) is 6.08 Å². The van der Waals surface area contributed by atoms with Gasteiger partial charge in [-0.05, 0) is 72.4 Å². The Hall–Kier alpha value is -4.01. The number of nitrogens with one attached hydrogen (secondary N) is 1. The number of carbonyl (C=O) groups excluding carboxylic acids is 1. The fourth-order valence-corrected chi connectivity index (χ4v) is 5.82. The van der Waals surface area contributed by atoms with Gasteiger partial charge in [0.15, 0.2) is 5.82 Å². The summed E-state index contributed by atoms with van der Waals surface area (Å²) >= 11 is 0. The highest BCUT2D eigenvalue weighted by atomic mass is 19.1. The number of allylic oxidation sites excluding steroid dienone is 2. The largest absolute Gasteiger partial charge is 0.338 e. The van der Waals surface area contributed by atoms with Crippen molar-refractivity contribution in [3.8, 4) is 11.4 Å². The summed E-state index contributed by atoms with van der Waals surface area (Å²) in [4.78, 5) is 19.6. The van der Waals surface area contributed by atoms with E-state index in [9.17, 15) is 13.6 Å². The summed E-state index contributed by atoms with van der Waals surface area (Å²) in [6.45, 7) is 14.0. The Balaban J connectivity index is 1.55. The van der Waals surface area contributed by atoms with Gasteiger partial charge < -0.3 is 4.90 Å². The van der Waals surface area contributed by atoms with Crippen molar-refractivity contribution in [1.82, 2.24) is 20.1 Å². The number of aromatic amines is 1. The van der Waals surface area contributed by atoms with Crippen molar-refractivity contribution in [3.05, 3.63) is 89.8 Å². The molecule has 0 radical (unpaired) electrons. The highest BCUT2D eigenvalue weighted by Gasteiger charge is 2.52. The quantitative estimate of drug-likeness (QED) is 0.225. The van der Waals surface area contributed by atoms with Crippen molar-refractivity contribution in [3.63, 3.8) is 0 Å². The third-order valence-electron chi connectivity index (χ3n) is 8.64. The molecule has 4 rings (SSSR count). The minimum Gasteiger partial charge on any atom is -0.338 e. The second-order valence-corrected chi connectivity index (χ2v) is 11.1. The molecule has 3 aromatic rings. The standard InChI is InChI=1S/C31H36F2N6O/c1-7-39(29(40)22-13-11-21(12-14-22)28-35-19-36-38-28)18-31(5)16-15-23(30(31,3)4)20(2)17-26(37-34-6)27-24(32)9-8-10-25(27)33/h8-14,17,19,23H,2,7,15-16,18H2,1,3-6H3,(H,35,36,38)/b26-17-,37-34?/t23-,31-/m0/s1. The molecule has 1 aliphatic carbocycles. The SMILES string of the molecule is C=C(/C=C(\N=NC)c1c(F)cccc1F)[C@@H]1CC[C@@](C)(CN(CC)C(=O)c2ccc(-c3ncn[nH]3)cc2)C1(C)C. The summed E-state index contributed by atoms with van der Waals surface area (Å²) in [5, 5.41) is 14.5. The molecular formula is C31H36F2N6O. The number of hydrogen-bond acceptors (Lipinski definition) is 5. The molecule has 1 N–H and O–H groups in total. The van der Waals surface area contributed by atoms with Crippen LogP contribution in [0, 0.1) is 28.4 Å². The van der Waals surface area contributed by atoms with Gasteiger partial charge in [0.05, 0.1) is 11.3 Å². The lowest BCUT2D eigenvalue weighted by atomic mass is 9.64. The van der Waals surface area contributed by atoms with E-state index in [4.69, 9.17) is 0 Å². The van der Waals surface area contributed by atoms with Crippen LogP contribution in [0.25, 0.3) is 17.1 Å². The normalized spacial score (nSPS) is 20.7. The fraction of sp³-hybridized carbons (Fsp3) is 0.387. The monoisotopic (exact) mass is 546 g/mol. The van der Waals surface area contributed by atoms with E-state index in [1.165, 1.54) is 31.6 Å². The first-order valence-corrected chi connectivity index (χ1v) is 13.4. The molecule has 0 aliphatic heterocycles. The van der Waals surface area contributed by atoms with Gasteiger partial charge in [-0.15, -0.1) is 0 Å². The van der Waals surface area contributed by atoms with Crippen LogP contribution in [0.4, 0.5) is 8.78 Å². The van der Waals surface area contributed by atoms with Gasteiger partial charge in [-0.25, -0.2) is 13.8 Å². The molecule has 1 saturated carbocycles. The molecule has 2 atom stereocenters. The molecule has 1 fully saturated rings. The smallest absolute Gasteiger partial charge is 0.253 e. The third-order valence-corrected chi connectivity index (χ3v) is 8.64. The first kappa shape index (κ1) is 29.0. The van der Waals surface area contributed by atoms with Gasteiger partial charge >= 0.3 is 0 Å². The molecule has 0 spiro atoms. The number of amides is 1. The predicted octanol–water partition coefficient (Wildman–Crippen LogP) is 7.33. The van der Waals surface area contributed by atoms with E-state index in [2.05, 4.69) is 52.8 Å². The first-order chi connectivity index (χ1) is 19.0. The second-order valence-electron chi connectivity index (χ2n) is 11.1. The lowest BCUT2D eigenvalue weighted by Gasteiger charge is -2.45. The van der Waals surface area contributed by atoms with Crippen molar-refractivity contribution in [2.24, 2.45) is 27.0 Å². The topological polar surface area (TPSA) is 86.6 Å². The molecule has 1 amide bonds. The minimum atomic E-state index is -0.701. The maximum Gasteiger partial charge on any atom is 0.253 e. The number of benzene rings is 2. The lowest BCUT2D eigenvalue weighted by Crippen LogP contribution is -2.46. The summed E-state index contributed by atoms with van der Waals surface area (Å²) in [6, 6.07) is 11.1. The van der Waals surface area contributed by atoms with Gasteiger partial charge in [0.25, 0.3) is 5.91 Å². The Morgan fingerprint density at radius 3 is 2.42 bits per heavy atom. The Kier molecular flexibility index (Phi) is 8.42. The van der Waals surface area contributed by atoms with Crippen molar-refractivity contribution in [2.45, 2.75) is 40.5 Å². The lowest BCUT2D eigenvalue weighted by molar-refractivity contribution is 0.0421. The summed E-state index contributed by atoms with van der Waals surface area (Å²) in [5.74, 6) is -0.773. The van der Waals surface area contributed by atoms with Crippen LogP contribution >= 0.6 is 0 Å². The molecule has 1 aromatic heterocycles. The summed E-state index contributed by atoms with van der Waals surface area (Å²) in [7, 11) is 1.46. The molecule has 40 heavy (non-hydrogen) atoms. The average Bonchev–Trinajstić information content (AvgIpc) is 3.54. The number of rotatable bonds is 9. The first-order valence-electron chi connectivity index (χ1n) is 13.4. The Morgan fingerprint density at radius 2 is 1.85 bits per heavy atom. The van der Waals surface area contributed by atoms with Crippen LogP contribution in [0.3, 0.4) is 0 Å². The van der Waals surface area contributed by atoms with E-state index >= 15 is 0 Å². The number of H-pyrrole nitrogens is 1. The van der Waals surface area contributed by atoms with Gasteiger partial charge in [-0.3, -0.25) is 9.89 Å². The van der Waals surface area contributed by atoms with Crippen molar-refractivity contribution >= 4 is 11.6 Å². The molecule has 1 aliphatic rings. The molecule has 210 valence electrons. The third kappa shape index (κ3) is 5.50. The zero-order valence-corrected chi connectivity index (χ0v) is 23.7. The zero-order valence-electron chi connectivity index (χ0n) is 23.7. The Morgan fingerprint density at radius 1 is 1.18 bits per heavy atom. The molecule has 9 heteroatoms. The number of aromatic nitrogens is 3. The van der Waals surface area contributed by atoms with E-state index in [1.807, 2.05) is 36.1 Å². The number of nitrogens with zero attached hydrogens (tertiary/aromatic N) is 5. The van der Waals surface area contributed by atoms with Crippen LogP contribution in [-0.2, 0) is 0 Å². The number of azo groups is 1. The van der Waals surface area contributed by atoms with Crippen LogP contribution in [0.5, 0.6) is 0 Å². The molecule has 0 unspecified atom stereocenters. The number of halogens is 2. The van der Waals surface area contributed by atoms with Crippen molar-refractivity contribution in [1.29, 1.82) is 0 Å². The van der Waals surface area contributed by atoms with Crippen LogP contribution in [0.15, 0.2) is 77.2 Å². The summed E-state index contributed by atoms with van der Waals surface area (Å²) in [6.07, 6.45) is 4.78. The predicted molar refractivity (Wildman–Crippen MR) is 152 cm³/mol. The van der Waals surface area contributed by atoms with Crippen molar-refractivity contribution < 1.29 is 13.6 Å². The molecule has 0 bridgehead atoms. The van der Waals surface area contributed by atoms with E-state index in [-0.39, 0.29) is 33.9 Å². The van der Waals surface area contributed by atoms with E-state index in [0.717, 1.165) is 24.0 Å². The van der Waals surface area contributed by atoms with Crippen LogP contribution in [-0.4, -0.2) is 46.1 Å². The van der Waals surface area contributed by atoms with Gasteiger partial charge in [0.2, 0.25) is 0 Å². The number of hydrogen-bond donors (Lipinski definition) is 1. The maximum atomic E-state index is 14.6. The minimum absolute atomic E-state index is 0.0180. The van der Waals surface area contributed by atoms with Gasteiger partial charge in [0, 0.05) is 31.3 Å². The van der Waals surface area contributed by atoms with Gasteiger partial charge in [-0.1, -0.05) is 45.5 Å². The molecule has 0 saturated heterocycles. The molecular weight excluding hydrogens is 510 g/mol. The zero-order chi connectivity index (χ0) is 29.1. The van der Waals surface area contributed by atoms with Crippen molar-refractivity contribution in [2.75, 3.05) is 20.1 Å². The fourth-order valence-electron chi connectivity index (χ4n) is 5.82. The highest BCUT2D eigenvalue weighted by Crippen LogP contribution is 2.58. The molecule has 7 nitrogen and oxygen atoms in total. The van der Waals surface area contributed by atoms with Crippen LogP contribution < -0.4 is 0 Å². The van der Waals surface area contributed by atoms with Gasteiger partial charge in [-0.2, -0.15) is 15.3 Å². The number of carbonyl (C=O) groups is 1. The van der Waals surface area contributed by atoms with E-state index in [0.29, 0.717) is 24.5 Å². The second kappa shape index (κ2) is 11.6. The highest BCUT2D eigenvalue weighted by molar-refractivity contribution is 5.94. The van der Waals surface area contributed by atoms with Gasteiger partial charge in [0.1, 0.15) is 18.0 Å². The summed E-state index contributed by atoms with van der Waals surface area (Å²) < 4.78 is 29.1. The Bertz CT molecular complexity index is 1410. The van der Waals surface area contributed by atoms with Crippen LogP contribution in [0.2, 0.25) is 0 Å². The molecule has 1 heterocycles.